The Morgan fingerprint density at radius 3 is 2.58 bits per heavy atom. The monoisotopic (exact) mass is 349 g/mol. The normalized spacial score (nSPS) is 23.8. The second kappa shape index (κ2) is 6.86. The SMILES string of the molecule is C=C1CCC(N2Cc3cc(N(C)C4CCCCC4)ccc3C2=C)C(=C)N1. The summed E-state index contributed by atoms with van der Waals surface area (Å²) >= 11 is 0. The number of hydrogen-bond acceptors (Lipinski definition) is 3. The van der Waals surface area contributed by atoms with Crippen LogP contribution in [0.25, 0.3) is 5.70 Å². The highest BCUT2D eigenvalue weighted by atomic mass is 15.2. The zero-order valence-electron chi connectivity index (χ0n) is 16.1. The van der Waals surface area contributed by atoms with E-state index in [1.807, 2.05) is 0 Å². The highest BCUT2D eigenvalue weighted by Gasteiger charge is 2.32. The lowest BCUT2D eigenvalue weighted by molar-refractivity contribution is 0.297. The molecule has 4 rings (SSSR count). The number of rotatable bonds is 3. The second-order valence-electron chi connectivity index (χ2n) is 8.13. The van der Waals surface area contributed by atoms with Gasteiger partial charge in [0.05, 0.1) is 6.04 Å². The van der Waals surface area contributed by atoms with Crippen molar-refractivity contribution in [2.75, 3.05) is 11.9 Å². The molecule has 0 aromatic heterocycles. The standard InChI is InChI=1S/C23H31N3/c1-16-10-13-23(17(2)24-16)26-15-19-14-21(11-12-22(19)18(26)3)25(4)20-8-6-5-7-9-20/h11-12,14,20,23-24H,1-3,5-10,13,15H2,4H3. The van der Waals surface area contributed by atoms with Gasteiger partial charge in [0.2, 0.25) is 0 Å². The Hall–Kier alpha value is -2.16. The molecule has 2 fully saturated rings. The molecule has 2 aliphatic heterocycles. The molecular formula is C23H31N3. The van der Waals surface area contributed by atoms with Gasteiger partial charge in [0, 0.05) is 48.0 Å². The Labute approximate surface area is 158 Å². The van der Waals surface area contributed by atoms with Crippen LogP contribution >= 0.6 is 0 Å². The minimum atomic E-state index is 0.305. The summed E-state index contributed by atoms with van der Waals surface area (Å²) in [7, 11) is 2.26. The van der Waals surface area contributed by atoms with Crippen LogP contribution in [0.15, 0.2) is 49.3 Å². The molecule has 0 bridgehead atoms. The van der Waals surface area contributed by atoms with E-state index in [-0.39, 0.29) is 0 Å². The Morgan fingerprint density at radius 2 is 1.85 bits per heavy atom. The average Bonchev–Trinajstić information content (AvgIpc) is 2.98. The van der Waals surface area contributed by atoms with Crippen molar-refractivity contribution >= 4 is 11.4 Å². The first kappa shape index (κ1) is 17.3. The molecule has 1 saturated heterocycles. The van der Waals surface area contributed by atoms with Crippen molar-refractivity contribution in [1.29, 1.82) is 0 Å². The molecule has 26 heavy (non-hydrogen) atoms. The smallest absolute Gasteiger partial charge is 0.0693 e. The van der Waals surface area contributed by atoms with E-state index in [1.165, 1.54) is 48.9 Å². The largest absolute Gasteiger partial charge is 0.372 e. The first-order valence-corrected chi connectivity index (χ1v) is 10.00. The zero-order chi connectivity index (χ0) is 18.3. The number of nitrogens with zero attached hydrogens (tertiary/aromatic N) is 2. The van der Waals surface area contributed by atoms with Gasteiger partial charge >= 0.3 is 0 Å². The number of hydrogen-bond donors (Lipinski definition) is 1. The van der Waals surface area contributed by atoms with E-state index >= 15 is 0 Å². The topological polar surface area (TPSA) is 18.5 Å². The van der Waals surface area contributed by atoms with E-state index < -0.39 is 0 Å². The van der Waals surface area contributed by atoms with Crippen LogP contribution in [0.4, 0.5) is 5.69 Å². The van der Waals surface area contributed by atoms with Crippen LogP contribution < -0.4 is 10.2 Å². The minimum Gasteiger partial charge on any atom is -0.372 e. The van der Waals surface area contributed by atoms with E-state index in [0.29, 0.717) is 12.1 Å². The van der Waals surface area contributed by atoms with E-state index in [2.05, 4.69) is 60.1 Å². The van der Waals surface area contributed by atoms with Gasteiger partial charge in [-0.05, 0) is 43.4 Å². The van der Waals surface area contributed by atoms with E-state index in [1.54, 1.807) is 0 Å². The predicted octanol–water partition coefficient (Wildman–Crippen LogP) is 5.02. The van der Waals surface area contributed by atoms with Crippen LogP contribution in [0, 0.1) is 0 Å². The Bertz CT molecular complexity index is 742. The fourth-order valence-electron chi connectivity index (χ4n) is 4.82. The molecule has 1 aromatic carbocycles. The Morgan fingerprint density at radius 1 is 1.08 bits per heavy atom. The van der Waals surface area contributed by atoms with Gasteiger partial charge in [0.15, 0.2) is 0 Å². The molecule has 138 valence electrons. The van der Waals surface area contributed by atoms with Crippen molar-refractivity contribution in [3.63, 3.8) is 0 Å². The first-order valence-electron chi connectivity index (χ1n) is 10.00. The lowest BCUT2D eigenvalue weighted by Gasteiger charge is -2.36. The maximum absolute atomic E-state index is 4.39. The van der Waals surface area contributed by atoms with Gasteiger partial charge in [0.25, 0.3) is 0 Å². The Kier molecular flexibility index (Phi) is 4.56. The molecule has 1 unspecified atom stereocenters. The minimum absolute atomic E-state index is 0.305. The van der Waals surface area contributed by atoms with Crippen LogP contribution in [0.2, 0.25) is 0 Å². The average molecular weight is 350 g/mol. The maximum atomic E-state index is 4.39. The summed E-state index contributed by atoms with van der Waals surface area (Å²) in [5.74, 6) is 0. The molecule has 0 spiro atoms. The number of benzene rings is 1. The van der Waals surface area contributed by atoms with Gasteiger partial charge < -0.3 is 15.1 Å². The van der Waals surface area contributed by atoms with Crippen LogP contribution in [-0.4, -0.2) is 24.0 Å². The fourth-order valence-corrected chi connectivity index (χ4v) is 4.82. The summed E-state index contributed by atoms with van der Waals surface area (Å²) in [6.07, 6.45) is 8.84. The molecule has 1 N–H and O–H groups in total. The van der Waals surface area contributed by atoms with E-state index in [4.69, 9.17) is 0 Å². The molecule has 0 radical (unpaired) electrons. The van der Waals surface area contributed by atoms with Gasteiger partial charge in [-0.15, -0.1) is 0 Å². The molecule has 3 nitrogen and oxygen atoms in total. The van der Waals surface area contributed by atoms with Gasteiger partial charge in [-0.25, -0.2) is 0 Å². The third-order valence-electron chi connectivity index (χ3n) is 6.45. The highest BCUT2D eigenvalue weighted by molar-refractivity contribution is 5.72. The van der Waals surface area contributed by atoms with Gasteiger partial charge in [0.1, 0.15) is 0 Å². The third-order valence-corrected chi connectivity index (χ3v) is 6.45. The summed E-state index contributed by atoms with van der Waals surface area (Å²) in [6.45, 7) is 13.6. The van der Waals surface area contributed by atoms with Gasteiger partial charge in [-0.1, -0.05) is 45.1 Å². The number of fused-ring (bicyclic) bond motifs is 1. The molecule has 3 aliphatic rings. The predicted molar refractivity (Wildman–Crippen MR) is 111 cm³/mol. The maximum Gasteiger partial charge on any atom is 0.0693 e. The van der Waals surface area contributed by atoms with Crippen LogP contribution in [0.3, 0.4) is 0 Å². The fraction of sp³-hybridized carbons (Fsp3) is 0.478. The van der Waals surface area contributed by atoms with Crippen LogP contribution in [0.5, 0.6) is 0 Å². The van der Waals surface area contributed by atoms with Gasteiger partial charge in [-0.2, -0.15) is 0 Å². The first-order chi connectivity index (χ1) is 12.5. The van der Waals surface area contributed by atoms with Crippen LogP contribution in [-0.2, 0) is 6.54 Å². The second-order valence-corrected chi connectivity index (χ2v) is 8.13. The molecule has 3 heteroatoms. The van der Waals surface area contributed by atoms with Crippen LogP contribution in [0.1, 0.15) is 56.1 Å². The lowest BCUT2D eigenvalue weighted by atomic mass is 9.94. The number of allylic oxidation sites excluding steroid dienone is 1. The van der Waals surface area contributed by atoms with E-state index in [0.717, 1.165) is 36.5 Å². The highest BCUT2D eigenvalue weighted by Crippen LogP contribution is 2.39. The number of piperidine rings is 1. The molecule has 1 aromatic rings. The zero-order valence-corrected chi connectivity index (χ0v) is 16.1. The summed E-state index contributed by atoms with van der Waals surface area (Å²) in [6, 6.07) is 7.92. The van der Waals surface area contributed by atoms with Crippen molar-refractivity contribution in [3.8, 4) is 0 Å². The number of anilines is 1. The summed E-state index contributed by atoms with van der Waals surface area (Å²) < 4.78 is 0. The summed E-state index contributed by atoms with van der Waals surface area (Å²) in [4.78, 5) is 4.91. The molecule has 2 heterocycles. The third kappa shape index (κ3) is 3.04. The molecule has 0 amide bonds. The number of nitrogens with one attached hydrogen (secondary N) is 1. The summed E-state index contributed by atoms with van der Waals surface area (Å²) in [5, 5.41) is 3.35. The van der Waals surface area contributed by atoms with Crippen molar-refractivity contribution in [2.45, 2.75) is 63.6 Å². The molecule has 1 saturated carbocycles. The molecule has 1 aliphatic carbocycles. The lowest BCUT2D eigenvalue weighted by Crippen LogP contribution is -2.39. The van der Waals surface area contributed by atoms with Crippen molar-refractivity contribution in [2.24, 2.45) is 0 Å². The summed E-state index contributed by atoms with van der Waals surface area (Å²) in [5.41, 5.74) is 7.29. The molecular weight excluding hydrogens is 318 g/mol. The van der Waals surface area contributed by atoms with E-state index in [9.17, 15) is 0 Å². The van der Waals surface area contributed by atoms with Gasteiger partial charge in [-0.3, -0.25) is 0 Å². The molecule has 1 atom stereocenters. The van der Waals surface area contributed by atoms with Crippen molar-refractivity contribution < 1.29 is 0 Å². The Balaban J connectivity index is 1.53. The van der Waals surface area contributed by atoms with Crippen molar-refractivity contribution in [1.82, 2.24) is 10.2 Å². The van der Waals surface area contributed by atoms with Crippen molar-refractivity contribution in [3.05, 3.63) is 60.5 Å². The quantitative estimate of drug-likeness (QED) is 0.826.